The molecule has 4 heteroatoms. The second kappa shape index (κ2) is 4.59. The van der Waals surface area contributed by atoms with Crippen LogP contribution in [-0.4, -0.2) is 15.4 Å². The van der Waals surface area contributed by atoms with Gasteiger partial charge in [0, 0.05) is 0 Å². The summed E-state index contributed by atoms with van der Waals surface area (Å²) in [4.78, 5) is 17.9. The number of hydrogen-bond acceptors (Lipinski definition) is 1. The van der Waals surface area contributed by atoms with Crippen molar-refractivity contribution in [2.45, 2.75) is 51.1 Å². The summed E-state index contributed by atoms with van der Waals surface area (Å²) in [6, 6.07) is 0. The summed E-state index contributed by atoms with van der Waals surface area (Å²) in [6.07, 6.45) is 6.77. The first-order chi connectivity index (χ1) is 6.00. The molecule has 1 aliphatic rings. The van der Waals surface area contributed by atoms with Gasteiger partial charge in [0.15, 0.2) is 0 Å². The van der Waals surface area contributed by atoms with Gasteiger partial charge in [-0.15, -0.1) is 0 Å². The van der Waals surface area contributed by atoms with Crippen LogP contribution in [0.4, 0.5) is 0 Å². The molecule has 0 bridgehead atoms. The average Bonchev–Trinajstić information content (AvgIpc) is 2.04. The van der Waals surface area contributed by atoms with E-state index in [1.54, 1.807) is 6.92 Å². The Balaban J connectivity index is 2.34. The van der Waals surface area contributed by atoms with Crippen LogP contribution in [0.1, 0.15) is 45.4 Å². The molecular formula is C9H19O3P. The molecule has 3 nitrogen and oxygen atoms in total. The van der Waals surface area contributed by atoms with E-state index in [-0.39, 0.29) is 0 Å². The molecule has 0 spiro atoms. The van der Waals surface area contributed by atoms with E-state index >= 15 is 0 Å². The summed E-state index contributed by atoms with van der Waals surface area (Å²) in [5.74, 6) is 0.552. The Kier molecular flexibility index (Phi) is 3.96. The summed E-state index contributed by atoms with van der Waals surface area (Å²) in [6.45, 7) is 1.66. The zero-order valence-electron chi connectivity index (χ0n) is 8.15. The number of hydrogen-bond donors (Lipinski definition) is 2. The molecule has 1 aliphatic carbocycles. The van der Waals surface area contributed by atoms with Crippen molar-refractivity contribution in [2.75, 3.05) is 0 Å². The molecule has 0 saturated heterocycles. The lowest BCUT2D eigenvalue weighted by Crippen LogP contribution is -2.14. The van der Waals surface area contributed by atoms with Crippen LogP contribution in [-0.2, 0) is 4.57 Å². The van der Waals surface area contributed by atoms with Gasteiger partial charge in [-0.25, -0.2) is 0 Å². The Labute approximate surface area is 79.7 Å². The van der Waals surface area contributed by atoms with Gasteiger partial charge in [0.2, 0.25) is 0 Å². The molecule has 1 unspecified atom stereocenters. The van der Waals surface area contributed by atoms with E-state index in [2.05, 4.69) is 0 Å². The van der Waals surface area contributed by atoms with E-state index in [9.17, 15) is 4.57 Å². The van der Waals surface area contributed by atoms with Crippen LogP contribution in [0, 0.1) is 5.92 Å². The Morgan fingerprint density at radius 1 is 1.31 bits per heavy atom. The average molecular weight is 206 g/mol. The lowest BCUT2D eigenvalue weighted by Gasteiger charge is -2.24. The zero-order chi connectivity index (χ0) is 9.90. The zero-order valence-corrected chi connectivity index (χ0v) is 9.04. The molecule has 0 radical (unpaired) electrons. The molecule has 0 aromatic heterocycles. The van der Waals surface area contributed by atoms with Crippen molar-refractivity contribution in [2.24, 2.45) is 5.92 Å². The predicted octanol–water partition coefficient (Wildman–Crippen LogP) is 2.52. The minimum Gasteiger partial charge on any atom is -0.324 e. The molecule has 0 amide bonds. The molecule has 1 rings (SSSR count). The Morgan fingerprint density at radius 2 is 1.85 bits per heavy atom. The van der Waals surface area contributed by atoms with Crippen LogP contribution in [0.25, 0.3) is 0 Å². The van der Waals surface area contributed by atoms with E-state index in [0.717, 1.165) is 12.8 Å². The van der Waals surface area contributed by atoms with Crippen molar-refractivity contribution >= 4 is 7.60 Å². The van der Waals surface area contributed by atoms with Crippen LogP contribution in [0.3, 0.4) is 0 Å². The fourth-order valence-electron chi connectivity index (χ4n) is 2.04. The van der Waals surface area contributed by atoms with Gasteiger partial charge in [0.1, 0.15) is 0 Å². The summed E-state index contributed by atoms with van der Waals surface area (Å²) >= 11 is 0. The van der Waals surface area contributed by atoms with Gasteiger partial charge in [-0.1, -0.05) is 39.0 Å². The Hall–Kier alpha value is 0.150. The van der Waals surface area contributed by atoms with Crippen LogP contribution in [0.15, 0.2) is 0 Å². The molecule has 13 heavy (non-hydrogen) atoms. The lowest BCUT2D eigenvalue weighted by atomic mass is 9.86. The molecule has 1 atom stereocenters. The third-order valence-electron chi connectivity index (χ3n) is 2.97. The molecule has 0 heterocycles. The highest BCUT2D eigenvalue weighted by molar-refractivity contribution is 7.52. The second-order valence-electron chi connectivity index (χ2n) is 4.18. The van der Waals surface area contributed by atoms with E-state index < -0.39 is 13.3 Å². The lowest BCUT2D eigenvalue weighted by molar-refractivity contribution is 0.309. The smallest absolute Gasteiger partial charge is 0.324 e. The van der Waals surface area contributed by atoms with Crippen LogP contribution in [0.5, 0.6) is 0 Å². The summed E-state index contributed by atoms with van der Waals surface area (Å²) in [5.41, 5.74) is -0.449. The maximum Gasteiger partial charge on any atom is 0.328 e. The number of rotatable bonds is 3. The fraction of sp³-hybridized carbons (Fsp3) is 1.00. The maximum atomic E-state index is 10.9. The van der Waals surface area contributed by atoms with Crippen LogP contribution < -0.4 is 0 Å². The monoisotopic (exact) mass is 206 g/mol. The predicted molar refractivity (Wildman–Crippen MR) is 52.7 cm³/mol. The van der Waals surface area contributed by atoms with E-state index in [0.29, 0.717) is 12.3 Å². The van der Waals surface area contributed by atoms with Gasteiger partial charge in [0.05, 0.1) is 5.66 Å². The van der Waals surface area contributed by atoms with Crippen molar-refractivity contribution in [3.63, 3.8) is 0 Å². The third kappa shape index (κ3) is 3.80. The first kappa shape index (κ1) is 11.2. The first-order valence-electron chi connectivity index (χ1n) is 5.05. The van der Waals surface area contributed by atoms with Gasteiger partial charge >= 0.3 is 7.60 Å². The van der Waals surface area contributed by atoms with Crippen molar-refractivity contribution in [1.82, 2.24) is 0 Å². The highest BCUT2D eigenvalue weighted by Crippen LogP contribution is 2.45. The van der Waals surface area contributed by atoms with Crippen molar-refractivity contribution in [3.8, 4) is 0 Å². The third-order valence-corrected chi connectivity index (χ3v) is 4.33. The van der Waals surface area contributed by atoms with Gasteiger partial charge in [-0.05, 0) is 12.3 Å². The van der Waals surface area contributed by atoms with Gasteiger partial charge in [-0.3, -0.25) is 4.57 Å². The highest BCUT2D eigenvalue weighted by atomic mass is 31.2. The van der Waals surface area contributed by atoms with E-state index in [4.69, 9.17) is 9.79 Å². The molecule has 1 saturated carbocycles. The van der Waals surface area contributed by atoms with Crippen molar-refractivity contribution < 1.29 is 14.4 Å². The molecular weight excluding hydrogens is 187 g/mol. The van der Waals surface area contributed by atoms with Gasteiger partial charge < -0.3 is 9.79 Å². The largest absolute Gasteiger partial charge is 0.328 e. The van der Waals surface area contributed by atoms with Crippen LogP contribution >= 0.6 is 7.60 Å². The molecule has 2 N–H and O–H groups in total. The second-order valence-corrected chi connectivity index (χ2v) is 6.24. The van der Waals surface area contributed by atoms with E-state index in [1.807, 2.05) is 0 Å². The quantitative estimate of drug-likeness (QED) is 0.697. The molecule has 0 aromatic carbocycles. The standard InChI is InChI=1S/C9H19O3P/c1-8(13(10,11)12)7-9-5-3-2-4-6-9/h8-9H,2-7H2,1H3,(H2,10,11,12). The summed E-state index contributed by atoms with van der Waals surface area (Å²) < 4.78 is 10.9. The van der Waals surface area contributed by atoms with E-state index in [1.165, 1.54) is 19.3 Å². The summed E-state index contributed by atoms with van der Waals surface area (Å²) in [5, 5.41) is 0. The topological polar surface area (TPSA) is 57.5 Å². The minimum absolute atomic E-state index is 0.449. The normalized spacial score (nSPS) is 23.0. The molecule has 0 aromatic rings. The Bertz CT molecular complexity index is 193. The molecule has 0 aliphatic heterocycles. The Morgan fingerprint density at radius 3 is 2.31 bits per heavy atom. The first-order valence-corrected chi connectivity index (χ1v) is 6.73. The van der Waals surface area contributed by atoms with Crippen molar-refractivity contribution in [3.05, 3.63) is 0 Å². The summed E-state index contributed by atoms with van der Waals surface area (Å²) in [7, 11) is -3.82. The fourth-order valence-corrected chi connectivity index (χ4v) is 2.62. The van der Waals surface area contributed by atoms with Crippen LogP contribution in [0.2, 0.25) is 0 Å². The minimum atomic E-state index is -3.82. The SMILES string of the molecule is CC(CC1CCCCC1)P(=O)(O)O. The maximum absolute atomic E-state index is 10.9. The van der Waals surface area contributed by atoms with Crippen molar-refractivity contribution in [1.29, 1.82) is 0 Å². The van der Waals surface area contributed by atoms with Gasteiger partial charge in [0.25, 0.3) is 0 Å². The van der Waals surface area contributed by atoms with Gasteiger partial charge in [-0.2, -0.15) is 0 Å². The highest BCUT2D eigenvalue weighted by Gasteiger charge is 2.27. The molecule has 1 fully saturated rings. The molecule has 78 valence electrons.